The molecule has 0 fully saturated rings. The van der Waals surface area contributed by atoms with E-state index in [0.29, 0.717) is 0 Å². The second-order valence-electron chi connectivity index (χ2n) is 9.16. The second-order valence-corrected chi connectivity index (χ2v) is 12.3. The molecule has 0 aromatic rings. The zero-order valence-electron chi connectivity index (χ0n) is 21.7. The molecule has 190 valence electrons. The highest BCUT2D eigenvalue weighted by molar-refractivity contribution is 6.60. The Hall–Kier alpha value is 0.347. The maximum atomic E-state index is 5.50. The number of hydrogen-bond donors (Lipinski definition) is 1. The van der Waals surface area contributed by atoms with Crippen LogP contribution in [0.15, 0.2) is 0 Å². The molecule has 0 aromatic carbocycles. The standard InChI is InChI=1S/C25H55NO3Si.ClH/c1-6-7-8-9-10-11-12-13-14-15-16-17-18-19-20-21-23-26(2)24-22-25-30(27-3,28-4)29-5;/h6-25H2,1-5H3;1H. The van der Waals surface area contributed by atoms with Gasteiger partial charge < -0.3 is 30.6 Å². The Morgan fingerprint density at radius 2 is 0.839 bits per heavy atom. The number of quaternary nitrogens is 1. The second kappa shape index (κ2) is 25.0. The topological polar surface area (TPSA) is 32.1 Å². The van der Waals surface area contributed by atoms with Gasteiger partial charge in [0.15, 0.2) is 0 Å². The van der Waals surface area contributed by atoms with Gasteiger partial charge in [-0.05, 0) is 12.8 Å². The summed E-state index contributed by atoms with van der Waals surface area (Å²) >= 11 is 0. The average molecular weight is 482 g/mol. The van der Waals surface area contributed by atoms with Crippen molar-refractivity contribution < 1.29 is 30.6 Å². The van der Waals surface area contributed by atoms with Crippen molar-refractivity contribution in [1.82, 2.24) is 0 Å². The first-order valence-electron chi connectivity index (χ1n) is 13.1. The molecule has 0 amide bonds. The maximum absolute atomic E-state index is 5.50. The summed E-state index contributed by atoms with van der Waals surface area (Å²) in [6.07, 6.45) is 24.1. The fourth-order valence-corrected chi connectivity index (χ4v) is 5.98. The van der Waals surface area contributed by atoms with Gasteiger partial charge >= 0.3 is 8.80 Å². The molecule has 0 aliphatic carbocycles. The minimum absolute atomic E-state index is 0. The van der Waals surface area contributed by atoms with E-state index in [-0.39, 0.29) is 12.4 Å². The number of hydrogen-bond acceptors (Lipinski definition) is 3. The molecule has 0 bridgehead atoms. The molecule has 1 atom stereocenters. The van der Waals surface area contributed by atoms with E-state index < -0.39 is 8.80 Å². The number of halogens is 1. The van der Waals surface area contributed by atoms with Crippen molar-refractivity contribution in [3.05, 3.63) is 0 Å². The Morgan fingerprint density at radius 1 is 0.516 bits per heavy atom. The van der Waals surface area contributed by atoms with Crippen molar-refractivity contribution >= 4 is 8.80 Å². The zero-order chi connectivity index (χ0) is 22.3. The van der Waals surface area contributed by atoms with Crippen LogP contribution >= 0.6 is 0 Å². The van der Waals surface area contributed by atoms with Gasteiger partial charge in [-0.2, -0.15) is 0 Å². The highest BCUT2D eigenvalue weighted by Gasteiger charge is 2.37. The molecule has 0 saturated carbocycles. The van der Waals surface area contributed by atoms with Crippen LogP contribution in [0, 0.1) is 0 Å². The van der Waals surface area contributed by atoms with Crippen molar-refractivity contribution in [3.63, 3.8) is 0 Å². The molecule has 1 unspecified atom stereocenters. The van der Waals surface area contributed by atoms with E-state index in [9.17, 15) is 0 Å². The monoisotopic (exact) mass is 481 g/mol. The molecule has 0 aromatic heterocycles. The minimum atomic E-state index is -2.37. The van der Waals surface area contributed by atoms with Crippen LogP contribution in [0.2, 0.25) is 6.04 Å². The van der Waals surface area contributed by atoms with Gasteiger partial charge in [-0.3, -0.25) is 0 Å². The largest absolute Gasteiger partial charge is 1.00 e. The molecular weight excluding hydrogens is 426 g/mol. The van der Waals surface area contributed by atoms with Crippen molar-refractivity contribution in [2.75, 3.05) is 41.5 Å². The van der Waals surface area contributed by atoms with Crippen molar-refractivity contribution in [2.24, 2.45) is 0 Å². The van der Waals surface area contributed by atoms with Crippen LogP contribution in [0.5, 0.6) is 0 Å². The Morgan fingerprint density at radius 3 is 1.19 bits per heavy atom. The van der Waals surface area contributed by atoms with Gasteiger partial charge in [0.25, 0.3) is 0 Å². The number of unbranched alkanes of at least 4 members (excludes halogenated alkanes) is 15. The van der Waals surface area contributed by atoms with Gasteiger partial charge in [-0.25, -0.2) is 0 Å². The molecule has 6 heteroatoms. The van der Waals surface area contributed by atoms with Crippen molar-refractivity contribution in [3.8, 4) is 0 Å². The van der Waals surface area contributed by atoms with E-state index in [1.54, 1.807) is 26.2 Å². The fourth-order valence-electron chi connectivity index (χ4n) is 4.26. The molecule has 0 heterocycles. The summed E-state index contributed by atoms with van der Waals surface area (Å²) in [4.78, 5) is 1.62. The van der Waals surface area contributed by atoms with Crippen LogP contribution in [0.4, 0.5) is 0 Å². The summed E-state index contributed by atoms with van der Waals surface area (Å²) in [5.74, 6) is 0. The van der Waals surface area contributed by atoms with Crippen molar-refractivity contribution in [2.45, 2.75) is 122 Å². The van der Waals surface area contributed by atoms with E-state index in [0.717, 1.165) is 12.5 Å². The first kappa shape index (κ1) is 33.5. The molecule has 1 N–H and O–H groups in total. The van der Waals surface area contributed by atoms with Gasteiger partial charge in [-0.15, -0.1) is 0 Å². The Bertz CT molecular complexity index is 338. The molecular formula is C25H56ClNO3Si. The lowest BCUT2D eigenvalue weighted by atomic mass is 10.0. The van der Waals surface area contributed by atoms with Gasteiger partial charge in [0.1, 0.15) is 0 Å². The molecule has 4 nitrogen and oxygen atoms in total. The third-order valence-electron chi connectivity index (χ3n) is 6.48. The molecule has 0 spiro atoms. The van der Waals surface area contributed by atoms with E-state index in [1.807, 2.05) is 0 Å². The van der Waals surface area contributed by atoms with Gasteiger partial charge in [0.05, 0.1) is 20.1 Å². The summed E-state index contributed by atoms with van der Waals surface area (Å²) in [7, 11) is 5.03. The van der Waals surface area contributed by atoms with Gasteiger partial charge in [0, 0.05) is 33.8 Å². The first-order chi connectivity index (χ1) is 14.6. The van der Waals surface area contributed by atoms with E-state index in [2.05, 4.69) is 14.0 Å². The summed E-state index contributed by atoms with van der Waals surface area (Å²) in [6.45, 7) is 4.74. The molecule has 0 saturated heterocycles. The smallest absolute Gasteiger partial charge is 0.500 e. The van der Waals surface area contributed by atoms with E-state index in [4.69, 9.17) is 13.3 Å². The lowest BCUT2D eigenvalue weighted by Gasteiger charge is -2.24. The third kappa shape index (κ3) is 20.7. The van der Waals surface area contributed by atoms with Gasteiger partial charge in [0.2, 0.25) is 0 Å². The lowest BCUT2D eigenvalue weighted by Crippen LogP contribution is -3.09. The summed E-state index contributed by atoms with van der Waals surface area (Å²) in [5.41, 5.74) is 0. The average Bonchev–Trinajstić information content (AvgIpc) is 2.77. The SMILES string of the molecule is CCCCCCCCCCCCCCCCCC[NH+](C)CCC[Si](OC)(OC)OC.[Cl-]. The lowest BCUT2D eigenvalue weighted by molar-refractivity contribution is -0.879. The fraction of sp³-hybridized carbons (Fsp3) is 1.00. The third-order valence-corrected chi connectivity index (χ3v) is 9.31. The van der Waals surface area contributed by atoms with E-state index >= 15 is 0 Å². The number of nitrogens with one attached hydrogen (secondary N) is 1. The normalized spacial score (nSPS) is 12.7. The molecule has 0 aliphatic rings. The van der Waals surface area contributed by atoms with Crippen LogP contribution in [0.1, 0.15) is 116 Å². The predicted molar refractivity (Wildman–Crippen MR) is 132 cm³/mol. The highest BCUT2D eigenvalue weighted by atomic mass is 35.5. The zero-order valence-corrected chi connectivity index (χ0v) is 23.5. The van der Waals surface area contributed by atoms with Crippen LogP contribution < -0.4 is 17.3 Å². The van der Waals surface area contributed by atoms with Crippen LogP contribution in [0.25, 0.3) is 0 Å². The summed E-state index contributed by atoms with van der Waals surface area (Å²) in [5, 5.41) is 0. The predicted octanol–water partition coefficient (Wildman–Crippen LogP) is 3.03. The molecule has 0 radical (unpaired) electrons. The van der Waals surface area contributed by atoms with Crippen LogP contribution in [-0.2, 0) is 13.3 Å². The number of rotatable bonds is 24. The molecule has 0 aliphatic heterocycles. The van der Waals surface area contributed by atoms with Gasteiger partial charge in [-0.1, -0.05) is 96.8 Å². The maximum Gasteiger partial charge on any atom is 0.500 e. The Kier molecular flexibility index (Phi) is 27.0. The van der Waals surface area contributed by atoms with Crippen molar-refractivity contribution in [1.29, 1.82) is 0 Å². The Labute approximate surface area is 203 Å². The Balaban J connectivity index is 0. The van der Waals surface area contributed by atoms with E-state index in [1.165, 1.54) is 116 Å². The highest BCUT2D eigenvalue weighted by Crippen LogP contribution is 2.14. The summed E-state index contributed by atoms with van der Waals surface area (Å²) in [6, 6.07) is 0.910. The van der Waals surface area contributed by atoms with Crippen LogP contribution in [0.3, 0.4) is 0 Å². The quantitative estimate of drug-likeness (QED) is 0.170. The minimum Gasteiger partial charge on any atom is -1.00 e. The molecule has 31 heavy (non-hydrogen) atoms. The first-order valence-corrected chi connectivity index (χ1v) is 15.0. The molecule has 0 rings (SSSR count). The van der Waals surface area contributed by atoms with Crippen LogP contribution in [-0.4, -0.2) is 50.3 Å². The summed E-state index contributed by atoms with van der Waals surface area (Å²) < 4.78 is 16.5.